The molecule has 1 N–H and O–H groups in total. The van der Waals surface area contributed by atoms with Gasteiger partial charge in [0.2, 0.25) is 5.91 Å². The number of benzene rings is 2. The van der Waals surface area contributed by atoms with E-state index >= 15 is 0 Å². The smallest absolute Gasteiger partial charge is 0.248 e. The zero-order chi connectivity index (χ0) is 19.3. The number of carbonyl (C=O) groups is 1. The van der Waals surface area contributed by atoms with E-state index < -0.39 is 0 Å². The zero-order valence-corrected chi connectivity index (χ0v) is 15.9. The molecule has 0 radical (unpaired) electrons. The molecule has 1 aromatic heterocycles. The Morgan fingerprint density at radius 1 is 1.14 bits per heavy atom. The van der Waals surface area contributed by atoms with Gasteiger partial charge < -0.3 is 14.6 Å². The van der Waals surface area contributed by atoms with Crippen LogP contribution in [0, 0.1) is 0 Å². The van der Waals surface area contributed by atoms with Gasteiger partial charge in [-0.3, -0.25) is 4.79 Å². The van der Waals surface area contributed by atoms with Gasteiger partial charge in [0.1, 0.15) is 11.6 Å². The number of aromatic nitrogens is 2. The van der Waals surface area contributed by atoms with E-state index in [1.165, 1.54) is 24.7 Å². The largest absolute Gasteiger partial charge is 0.496 e. The Morgan fingerprint density at radius 2 is 1.96 bits per heavy atom. The van der Waals surface area contributed by atoms with Crippen molar-refractivity contribution in [3.05, 3.63) is 72.2 Å². The summed E-state index contributed by atoms with van der Waals surface area (Å²) in [6.45, 7) is 1.05. The van der Waals surface area contributed by atoms with Crippen molar-refractivity contribution in [3.63, 3.8) is 0 Å². The number of carbonyl (C=O) groups excluding carboxylic acids is 1. The van der Waals surface area contributed by atoms with Crippen LogP contribution in [0.25, 0.3) is 17.3 Å². The van der Waals surface area contributed by atoms with Gasteiger partial charge in [0.05, 0.1) is 12.8 Å². The van der Waals surface area contributed by atoms with E-state index in [0.29, 0.717) is 0 Å². The Labute approximate surface area is 164 Å². The fourth-order valence-electron chi connectivity index (χ4n) is 3.43. The minimum Gasteiger partial charge on any atom is -0.496 e. The number of hydrogen-bond donors (Lipinski definition) is 1. The summed E-state index contributed by atoms with van der Waals surface area (Å²) in [6.07, 6.45) is 8.86. The molecule has 0 spiro atoms. The lowest BCUT2D eigenvalue weighted by Crippen LogP contribution is -2.08. The Morgan fingerprint density at radius 3 is 2.75 bits per heavy atom. The molecule has 0 aliphatic carbocycles. The molecule has 3 aromatic rings. The summed E-state index contributed by atoms with van der Waals surface area (Å²) < 4.78 is 7.54. The van der Waals surface area contributed by atoms with Crippen LogP contribution >= 0.6 is 0 Å². The van der Waals surface area contributed by atoms with E-state index in [2.05, 4.69) is 16.1 Å². The second-order valence-corrected chi connectivity index (χ2v) is 6.83. The van der Waals surface area contributed by atoms with Crippen LogP contribution in [0.4, 0.5) is 5.69 Å². The predicted molar refractivity (Wildman–Crippen MR) is 111 cm³/mol. The van der Waals surface area contributed by atoms with Crippen LogP contribution in [-0.4, -0.2) is 22.6 Å². The highest BCUT2D eigenvalue weighted by Crippen LogP contribution is 2.24. The van der Waals surface area contributed by atoms with Gasteiger partial charge in [0.25, 0.3) is 0 Å². The minimum atomic E-state index is -0.184. The number of nitrogens with zero attached hydrogens (tertiary/aromatic N) is 2. The van der Waals surface area contributed by atoms with Crippen molar-refractivity contribution in [1.29, 1.82) is 0 Å². The monoisotopic (exact) mass is 373 g/mol. The van der Waals surface area contributed by atoms with Gasteiger partial charge >= 0.3 is 0 Å². The van der Waals surface area contributed by atoms with Gasteiger partial charge in [-0.05, 0) is 37.1 Å². The van der Waals surface area contributed by atoms with Crippen LogP contribution in [-0.2, 0) is 17.8 Å². The summed E-state index contributed by atoms with van der Waals surface area (Å²) in [5.41, 5.74) is 3.66. The first kappa shape index (κ1) is 18.0. The maximum atomic E-state index is 12.2. The fourth-order valence-corrected chi connectivity index (χ4v) is 3.43. The highest BCUT2D eigenvalue weighted by Gasteiger charge is 2.13. The van der Waals surface area contributed by atoms with E-state index in [9.17, 15) is 4.79 Å². The van der Waals surface area contributed by atoms with Gasteiger partial charge in [-0.1, -0.05) is 30.3 Å². The third-order valence-electron chi connectivity index (χ3n) is 4.91. The Hall–Kier alpha value is -3.34. The number of methoxy groups -OCH3 is 1. The lowest BCUT2D eigenvalue weighted by Gasteiger charge is -2.11. The maximum Gasteiger partial charge on any atom is 0.248 e. The van der Waals surface area contributed by atoms with Crippen LogP contribution in [0.5, 0.6) is 5.75 Å². The molecule has 142 valence electrons. The quantitative estimate of drug-likeness (QED) is 0.668. The van der Waals surface area contributed by atoms with Crippen molar-refractivity contribution in [1.82, 2.24) is 9.55 Å². The van der Waals surface area contributed by atoms with Crippen molar-refractivity contribution in [3.8, 4) is 17.0 Å². The first-order valence-corrected chi connectivity index (χ1v) is 9.51. The molecule has 0 fully saturated rings. The summed E-state index contributed by atoms with van der Waals surface area (Å²) >= 11 is 0. The molecule has 2 heterocycles. The van der Waals surface area contributed by atoms with Crippen molar-refractivity contribution in [2.75, 3.05) is 12.4 Å². The molecule has 5 nitrogen and oxygen atoms in total. The Bertz CT molecular complexity index is 979. The van der Waals surface area contributed by atoms with E-state index in [-0.39, 0.29) is 5.91 Å². The van der Waals surface area contributed by atoms with Crippen molar-refractivity contribution < 1.29 is 9.53 Å². The fraction of sp³-hybridized carbons (Fsp3) is 0.217. The molecule has 0 bridgehead atoms. The average molecular weight is 373 g/mol. The Kier molecular flexibility index (Phi) is 5.24. The second kappa shape index (κ2) is 8.13. The normalized spacial score (nSPS) is 13.3. The molecule has 28 heavy (non-hydrogen) atoms. The number of nitrogens with one attached hydrogen (secondary N) is 1. The highest BCUT2D eigenvalue weighted by molar-refractivity contribution is 6.02. The number of amides is 1. The summed E-state index contributed by atoms with van der Waals surface area (Å²) in [6, 6.07) is 15.4. The molecule has 0 saturated carbocycles. The number of para-hydroxylation sites is 1. The molecule has 0 unspecified atom stereocenters. The number of aryl methyl sites for hydroxylation is 2. The molecule has 0 atom stereocenters. The molecular formula is C23H23N3O2. The van der Waals surface area contributed by atoms with Gasteiger partial charge in [-0.15, -0.1) is 0 Å². The van der Waals surface area contributed by atoms with Crippen molar-refractivity contribution in [2.45, 2.75) is 25.8 Å². The SMILES string of the molecule is COc1ccccc1/C=C/C(=O)Nc1ccc(-c2cn3c(n2)CCCC3)cc1. The number of hydrogen-bond acceptors (Lipinski definition) is 3. The number of imidazole rings is 1. The van der Waals surface area contributed by atoms with Gasteiger partial charge in [-0.25, -0.2) is 4.98 Å². The molecule has 1 amide bonds. The van der Waals surface area contributed by atoms with Gasteiger partial charge in [0.15, 0.2) is 0 Å². The van der Waals surface area contributed by atoms with Crippen LogP contribution in [0.3, 0.4) is 0 Å². The lowest BCUT2D eigenvalue weighted by atomic mass is 10.1. The zero-order valence-electron chi connectivity index (χ0n) is 15.9. The Balaban J connectivity index is 1.42. The topological polar surface area (TPSA) is 56.1 Å². The summed E-state index contributed by atoms with van der Waals surface area (Å²) in [5.74, 6) is 1.72. The third kappa shape index (κ3) is 3.98. The summed E-state index contributed by atoms with van der Waals surface area (Å²) in [7, 11) is 1.62. The van der Waals surface area contributed by atoms with Gasteiger partial charge in [-0.2, -0.15) is 0 Å². The first-order chi connectivity index (χ1) is 13.7. The molecule has 1 aliphatic rings. The van der Waals surface area contributed by atoms with Gasteiger partial charge in [0, 0.05) is 42.1 Å². The number of anilines is 1. The van der Waals surface area contributed by atoms with Crippen molar-refractivity contribution >= 4 is 17.7 Å². The predicted octanol–water partition coefficient (Wildman–Crippen LogP) is 4.55. The van der Waals surface area contributed by atoms with E-state index in [4.69, 9.17) is 9.72 Å². The van der Waals surface area contributed by atoms with E-state index in [1.807, 2.05) is 48.5 Å². The molecule has 0 saturated heterocycles. The lowest BCUT2D eigenvalue weighted by molar-refractivity contribution is -0.111. The number of rotatable bonds is 5. The van der Waals surface area contributed by atoms with Crippen LogP contribution in [0.2, 0.25) is 0 Å². The van der Waals surface area contributed by atoms with Crippen molar-refractivity contribution in [2.24, 2.45) is 0 Å². The number of fused-ring (bicyclic) bond motifs is 1. The molecule has 5 heteroatoms. The summed E-state index contributed by atoms with van der Waals surface area (Å²) in [5, 5.41) is 2.89. The van der Waals surface area contributed by atoms with E-state index in [0.717, 1.165) is 41.2 Å². The maximum absolute atomic E-state index is 12.2. The molecule has 1 aliphatic heterocycles. The third-order valence-corrected chi connectivity index (χ3v) is 4.91. The highest BCUT2D eigenvalue weighted by atomic mass is 16.5. The van der Waals surface area contributed by atoms with Crippen LogP contribution in [0.15, 0.2) is 60.8 Å². The molecule has 2 aromatic carbocycles. The minimum absolute atomic E-state index is 0.184. The van der Waals surface area contributed by atoms with E-state index in [1.54, 1.807) is 13.2 Å². The summed E-state index contributed by atoms with van der Waals surface area (Å²) in [4.78, 5) is 17.0. The van der Waals surface area contributed by atoms with Crippen LogP contribution in [0.1, 0.15) is 24.2 Å². The first-order valence-electron chi connectivity index (χ1n) is 9.51. The average Bonchev–Trinajstić information content (AvgIpc) is 3.17. The number of ether oxygens (including phenoxy) is 1. The molecule has 4 rings (SSSR count). The second-order valence-electron chi connectivity index (χ2n) is 6.83. The van der Waals surface area contributed by atoms with Crippen LogP contribution < -0.4 is 10.1 Å². The standard InChI is InChI=1S/C23H23N3O2/c1-28-21-7-3-2-6-18(21)11-14-23(27)24-19-12-9-17(10-13-19)20-16-26-15-5-4-8-22(26)25-20/h2-3,6-7,9-14,16H,4-5,8,15H2,1H3,(H,24,27)/b14-11+. The molecular weight excluding hydrogens is 350 g/mol.